The van der Waals surface area contributed by atoms with Gasteiger partial charge in [-0.1, -0.05) is 0 Å². The molecule has 0 aromatic carbocycles. The Balaban J connectivity index is 1.75. The van der Waals surface area contributed by atoms with Gasteiger partial charge < -0.3 is 14.6 Å². The molecule has 1 amide bonds. The molecule has 3 rings (SSSR count). The molecule has 2 atom stereocenters. The molecule has 0 unspecified atom stereocenters. The molecule has 7 nitrogen and oxygen atoms in total. The fourth-order valence-electron chi connectivity index (χ4n) is 3.15. The highest BCUT2D eigenvalue weighted by Gasteiger charge is 2.29. The molecule has 124 valence electrons. The molecule has 0 bridgehead atoms. The van der Waals surface area contributed by atoms with Crippen molar-refractivity contribution in [2.75, 3.05) is 13.1 Å². The third-order valence-corrected chi connectivity index (χ3v) is 4.41. The quantitative estimate of drug-likeness (QED) is 0.931. The number of amides is 1. The SMILES string of the molecule is CC(C)n1nccc1C(=O)N1CC[C@H](O)[C@@H](n2ccnc2)CC1. The van der Waals surface area contributed by atoms with Crippen molar-refractivity contribution in [3.8, 4) is 0 Å². The minimum Gasteiger partial charge on any atom is -0.391 e. The van der Waals surface area contributed by atoms with Crippen molar-refractivity contribution in [3.05, 3.63) is 36.7 Å². The van der Waals surface area contributed by atoms with Gasteiger partial charge in [-0.3, -0.25) is 9.48 Å². The normalized spacial score (nSPS) is 22.3. The summed E-state index contributed by atoms with van der Waals surface area (Å²) in [6.45, 7) is 5.17. The van der Waals surface area contributed by atoms with E-state index < -0.39 is 6.10 Å². The zero-order valence-electron chi connectivity index (χ0n) is 13.5. The Hall–Kier alpha value is -2.15. The third kappa shape index (κ3) is 3.14. The Morgan fingerprint density at radius 3 is 2.78 bits per heavy atom. The van der Waals surface area contributed by atoms with E-state index in [0.717, 1.165) is 0 Å². The van der Waals surface area contributed by atoms with Gasteiger partial charge in [0.25, 0.3) is 5.91 Å². The fraction of sp³-hybridized carbons (Fsp3) is 0.562. The molecule has 2 aromatic heterocycles. The molecular weight excluding hydrogens is 294 g/mol. The highest BCUT2D eigenvalue weighted by molar-refractivity contribution is 5.92. The number of aliphatic hydroxyl groups is 1. The standard InChI is InChI=1S/C16H23N5O2/c1-12(2)21-14(3-6-18-21)16(23)19-8-4-13(15(22)5-9-19)20-10-7-17-11-20/h3,6-7,10-13,15,22H,4-5,8-9H2,1-2H3/t13-,15-/m0/s1. The largest absolute Gasteiger partial charge is 0.391 e. The number of carbonyl (C=O) groups is 1. The highest BCUT2D eigenvalue weighted by atomic mass is 16.3. The third-order valence-electron chi connectivity index (χ3n) is 4.41. The van der Waals surface area contributed by atoms with Crippen LogP contribution in [-0.4, -0.2) is 54.4 Å². The average Bonchev–Trinajstić information content (AvgIpc) is 3.18. The molecule has 23 heavy (non-hydrogen) atoms. The zero-order chi connectivity index (χ0) is 16.4. The Morgan fingerprint density at radius 2 is 2.09 bits per heavy atom. The summed E-state index contributed by atoms with van der Waals surface area (Å²) in [5.41, 5.74) is 0.607. The first kappa shape index (κ1) is 15.7. The van der Waals surface area contributed by atoms with Crippen LogP contribution in [0.5, 0.6) is 0 Å². The smallest absolute Gasteiger partial charge is 0.272 e. The summed E-state index contributed by atoms with van der Waals surface area (Å²) in [6, 6.07) is 1.86. The minimum absolute atomic E-state index is 0.0188. The summed E-state index contributed by atoms with van der Waals surface area (Å²) in [5, 5.41) is 14.6. The van der Waals surface area contributed by atoms with Gasteiger partial charge in [-0.05, 0) is 32.8 Å². The number of hydrogen-bond acceptors (Lipinski definition) is 4. The molecule has 2 aromatic rings. The Kier molecular flexibility index (Phi) is 4.47. The van der Waals surface area contributed by atoms with E-state index in [9.17, 15) is 9.90 Å². The number of likely N-dealkylation sites (tertiary alicyclic amines) is 1. The van der Waals surface area contributed by atoms with Crippen molar-refractivity contribution >= 4 is 5.91 Å². The van der Waals surface area contributed by atoms with Crippen LogP contribution >= 0.6 is 0 Å². The van der Waals surface area contributed by atoms with Gasteiger partial charge in [0.2, 0.25) is 0 Å². The summed E-state index contributed by atoms with van der Waals surface area (Å²) < 4.78 is 3.67. The van der Waals surface area contributed by atoms with E-state index >= 15 is 0 Å². The van der Waals surface area contributed by atoms with Crippen LogP contribution in [-0.2, 0) is 0 Å². The molecule has 0 radical (unpaired) electrons. The number of aromatic nitrogens is 4. The van der Waals surface area contributed by atoms with E-state index in [4.69, 9.17) is 0 Å². The predicted octanol–water partition coefficient (Wildman–Crippen LogP) is 1.50. The first-order valence-electron chi connectivity index (χ1n) is 8.06. The number of nitrogens with zero attached hydrogens (tertiary/aromatic N) is 5. The fourth-order valence-corrected chi connectivity index (χ4v) is 3.15. The van der Waals surface area contributed by atoms with Gasteiger partial charge in [-0.15, -0.1) is 0 Å². The number of hydrogen-bond donors (Lipinski definition) is 1. The van der Waals surface area contributed by atoms with Gasteiger partial charge in [0.05, 0.1) is 18.5 Å². The predicted molar refractivity (Wildman–Crippen MR) is 85.0 cm³/mol. The van der Waals surface area contributed by atoms with Crippen molar-refractivity contribution in [1.29, 1.82) is 0 Å². The summed E-state index contributed by atoms with van der Waals surface area (Å²) in [5.74, 6) is -0.0188. The molecule has 1 aliphatic rings. The molecule has 0 aliphatic carbocycles. The topological polar surface area (TPSA) is 76.2 Å². The molecule has 1 fully saturated rings. The Bertz CT molecular complexity index is 649. The van der Waals surface area contributed by atoms with E-state index in [1.807, 2.05) is 29.5 Å². The van der Waals surface area contributed by atoms with Gasteiger partial charge in [0, 0.05) is 37.7 Å². The lowest BCUT2D eigenvalue weighted by Crippen LogP contribution is -2.34. The van der Waals surface area contributed by atoms with E-state index in [0.29, 0.717) is 31.6 Å². The molecule has 7 heteroatoms. The second-order valence-electron chi connectivity index (χ2n) is 6.27. The van der Waals surface area contributed by atoms with E-state index in [1.165, 1.54) is 0 Å². The molecule has 1 saturated heterocycles. The van der Waals surface area contributed by atoms with Gasteiger partial charge in [0.1, 0.15) is 5.69 Å². The summed E-state index contributed by atoms with van der Waals surface area (Å²) in [6.07, 6.45) is 7.75. The number of aliphatic hydroxyl groups excluding tert-OH is 1. The molecule has 1 aliphatic heterocycles. The van der Waals surface area contributed by atoms with Crippen LogP contribution in [0.1, 0.15) is 49.3 Å². The number of imidazole rings is 1. The van der Waals surface area contributed by atoms with Crippen LogP contribution in [0.15, 0.2) is 31.0 Å². The maximum absolute atomic E-state index is 12.8. The van der Waals surface area contributed by atoms with Gasteiger partial charge in [-0.2, -0.15) is 5.10 Å². The Labute approximate surface area is 135 Å². The molecule has 1 N–H and O–H groups in total. The van der Waals surface area contributed by atoms with Crippen molar-refractivity contribution in [1.82, 2.24) is 24.2 Å². The number of carbonyl (C=O) groups excluding carboxylic acids is 1. The first-order valence-corrected chi connectivity index (χ1v) is 8.06. The molecular formula is C16H23N5O2. The second-order valence-corrected chi connectivity index (χ2v) is 6.27. The number of rotatable bonds is 3. The van der Waals surface area contributed by atoms with Crippen molar-refractivity contribution in [3.63, 3.8) is 0 Å². The molecule has 0 saturated carbocycles. The Morgan fingerprint density at radius 1 is 1.30 bits per heavy atom. The van der Waals surface area contributed by atoms with Crippen LogP contribution in [0, 0.1) is 0 Å². The van der Waals surface area contributed by atoms with Crippen molar-refractivity contribution < 1.29 is 9.90 Å². The summed E-state index contributed by atoms with van der Waals surface area (Å²) in [4.78, 5) is 18.7. The summed E-state index contributed by atoms with van der Waals surface area (Å²) in [7, 11) is 0. The lowest BCUT2D eigenvalue weighted by atomic mass is 10.1. The van der Waals surface area contributed by atoms with E-state index in [2.05, 4.69) is 10.1 Å². The zero-order valence-corrected chi connectivity index (χ0v) is 13.5. The van der Waals surface area contributed by atoms with Crippen LogP contribution < -0.4 is 0 Å². The van der Waals surface area contributed by atoms with E-state index in [1.54, 1.807) is 29.5 Å². The first-order chi connectivity index (χ1) is 11.1. The second kappa shape index (κ2) is 6.54. The van der Waals surface area contributed by atoms with Crippen LogP contribution in [0.2, 0.25) is 0 Å². The van der Waals surface area contributed by atoms with Crippen molar-refractivity contribution in [2.45, 2.75) is 44.9 Å². The average molecular weight is 317 g/mol. The highest BCUT2D eigenvalue weighted by Crippen LogP contribution is 2.24. The summed E-state index contributed by atoms with van der Waals surface area (Å²) >= 11 is 0. The van der Waals surface area contributed by atoms with Gasteiger partial charge in [-0.25, -0.2) is 4.98 Å². The van der Waals surface area contributed by atoms with Crippen LogP contribution in [0.4, 0.5) is 0 Å². The lowest BCUT2D eigenvalue weighted by molar-refractivity contribution is 0.0737. The molecule has 0 spiro atoms. The minimum atomic E-state index is -0.475. The molecule has 3 heterocycles. The van der Waals surface area contributed by atoms with Crippen LogP contribution in [0.25, 0.3) is 0 Å². The van der Waals surface area contributed by atoms with Gasteiger partial charge >= 0.3 is 0 Å². The van der Waals surface area contributed by atoms with Gasteiger partial charge in [0.15, 0.2) is 0 Å². The van der Waals surface area contributed by atoms with Crippen molar-refractivity contribution in [2.24, 2.45) is 0 Å². The van der Waals surface area contributed by atoms with Crippen LogP contribution in [0.3, 0.4) is 0 Å². The monoisotopic (exact) mass is 317 g/mol. The maximum atomic E-state index is 12.8. The maximum Gasteiger partial charge on any atom is 0.272 e. The lowest BCUT2D eigenvalue weighted by Gasteiger charge is -2.22. The van der Waals surface area contributed by atoms with E-state index in [-0.39, 0.29) is 18.0 Å².